The summed E-state index contributed by atoms with van der Waals surface area (Å²) >= 11 is 0. The number of rotatable bonds is 8. The summed E-state index contributed by atoms with van der Waals surface area (Å²) in [5, 5.41) is 9.35. The van der Waals surface area contributed by atoms with E-state index in [0.29, 0.717) is 0 Å². The number of unbranched alkanes of at least 4 members (excludes halogenated alkanes) is 1. The predicted molar refractivity (Wildman–Crippen MR) is 83.7 cm³/mol. The Balaban J connectivity index is 1.72. The molecule has 19 heavy (non-hydrogen) atoms. The molecule has 0 heterocycles. The number of benzene rings is 2. The van der Waals surface area contributed by atoms with Gasteiger partial charge in [-0.1, -0.05) is 42.5 Å². The van der Waals surface area contributed by atoms with Crippen molar-refractivity contribution in [3.8, 4) is 0 Å². The van der Waals surface area contributed by atoms with Gasteiger partial charge >= 0.3 is 0 Å². The molecule has 0 saturated carbocycles. The summed E-state index contributed by atoms with van der Waals surface area (Å²) < 4.78 is 0. The third kappa shape index (κ3) is 4.66. The lowest BCUT2D eigenvalue weighted by molar-refractivity contribution is 0.606. The minimum Gasteiger partial charge on any atom is -0.320 e. The van der Waals surface area contributed by atoms with Crippen LogP contribution in [-0.4, -0.2) is 26.7 Å². The molecule has 0 aliphatic rings. The third-order valence-corrected chi connectivity index (χ3v) is 3.43. The highest BCUT2D eigenvalue weighted by atomic mass is 14.8. The molecule has 0 fully saturated rings. The highest BCUT2D eigenvalue weighted by Gasteiger charge is 1.96. The zero-order chi connectivity index (χ0) is 13.3. The maximum absolute atomic E-state index is 3.51. The Morgan fingerprint density at radius 1 is 0.842 bits per heavy atom. The Bertz CT molecular complexity index is 493. The maximum atomic E-state index is 3.51. The van der Waals surface area contributed by atoms with E-state index in [-0.39, 0.29) is 0 Å². The molecule has 2 N–H and O–H groups in total. The number of fused-ring (bicyclic) bond motifs is 1. The van der Waals surface area contributed by atoms with Crippen molar-refractivity contribution in [3.05, 3.63) is 48.0 Å². The summed E-state index contributed by atoms with van der Waals surface area (Å²) in [6.07, 6.45) is 3.61. The molecule has 2 heteroatoms. The zero-order valence-corrected chi connectivity index (χ0v) is 11.8. The van der Waals surface area contributed by atoms with Crippen LogP contribution in [0.5, 0.6) is 0 Å². The smallest absolute Gasteiger partial charge is 0.000835 e. The number of nitrogens with one attached hydrogen (secondary N) is 2. The van der Waals surface area contributed by atoms with E-state index in [2.05, 4.69) is 53.1 Å². The third-order valence-electron chi connectivity index (χ3n) is 3.43. The van der Waals surface area contributed by atoms with Gasteiger partial charge in [0.15, 0.2) is 0 Å². The summed E-state index contributed by atoms with van der Waals surface area (Å²) in [5.74, 6) is 0. The van der Waals surface area contributed by atoms with Gasteiger partial charge in [0.1, 0.15) is 0 Å². The number of hydrogen-bond donors (Lipinski definition) is 2. The molecule has 2 aromatic carbocycles. The van der Waals surface area contributed by atoms with Gasteiger partial charge in [-0.2, -0.15) is 0 Å². The first-order valence-electron chi connectivity index (χ1n) is 7.23. The van der Waals surface area contributed by atoms with Crippen molar-refractivity contribution in [1.82, 2.24) is 10.6 Å². The Morgan fingerprint density at radius 3 is 2.47 bits per heavy atom. The quantitative estimate of drug-likeness (QED) is 0.710. The minimum absolute atomic E-state index is 1.07. The van der Waals surface area contributed by atoms with E-state index in [4.69, 9.17) is 0 Å². The van der Waals surface area contributed by atoms with Crippen LogP contribution in [0, 0.1) is 0 Å². The molecule has 0 atom stereocenters. The second-order valence-electron chi connectivity index (χ2n) is 4.99. The maximum Gasteiger partial charge on any atom is -0.000835 e. The minimum atomic E-state index is 1.07. The fraction of sp³-hybridized carbons (Fsp3) is 0.412. The molecule has 0 aliphatic heterocycles. The lowest BCUT2D eigenvalue weighted by Crippen LogP contribution is -2.19. The van der Waals surface area contributed by atoms with Gasteiger partial charge in [0.25, 0.3) is 0 Å². The zero-order valence-electron chi connectivity index (χ0n) is 11.8. The largest absolute Gasteiger partial charge is 0.320 e. The monoisotopic (exact) mass is 256 g/mol. The van der Waals surface area contributed by atoms with Crippen LogP contribution in [0.3, 0.4) is 0 Å². The Morgan fingerprint density at radius 2 is 1.63 bits per heavy atom. The normalized spacial score (nSPS) is 11.0. The van der Waals surface area contributed by atoms with Crippen LogP contribution in [0.25, 0.3) is 10.8 Å². The van der Waals surface area contributed by atoms with Crippen molar-refractivity contribution in [3.63, 3.8) is 0 Å². The van der Waals surface area contributed by atoms with Gasteiger partial charge in [-0.25, -0.2) is 0 Å². The molecular formula is C17H24N2. The standard InChI is InChI=1S/C17H24N2/c1-18-11-4-5-12-19-13-10-15-8-9-16-6-2-3-7-17(16)14-15/h2-3,6-9,14,18-19H,4-5,10-13H2,1H3. The molecule has 2 nitrogen and oxygen atoms in total. The van der Waals surface area contributed by atoms with Crippen molar-refractivity contribution in [2.24, 2.45) is 0 Å². The molecule has 0 aliphatic carbocycles. The van der Waals surface area contributed by atoms with Gasteiger partial charge in [-0.3, -0.25) is 0 Å². The van der Waals surface area contributed by atoms with Crippen LogP contribution >= 0.6 is 0 Å². The summed E-state index contributed by atoms with van der Waals surface area (Å²) in [5.41, 5.74) is 1.42. The molecule has 0 saturated heterocycles. The van der Waals surface area contributed by atoms with Gasteiger partial charge in [0.2, 0.25) is 0 Å². The van der Waals surface area contributed by atoms with Gasteiger partial charge in [0.05, 0.1) is 0 Å². The van der Waals surface area contributed by atoms with E-state index >= 15 is 0 Å². The van der Waals surface area contributed by atoms with Crippen LogP contribution in [0.2, 0.25) is 0 Å². The van der Waals surface area contributed by atoms with E-state index in [1.54, 1.807) is 0 Å². The molecule has 0 aromatic heterocycles. The Hall–Kier alpha value is -1.38. The second kappa shape index (κ2) is 7.93. The van der Waals surface area contributed by atoms with Crippen LogP contribution in [0.1, 0.15) is 18.4 Å². The van der Waals surface area contributed by atoms with E-state index in [1.807, 2.05) is 7.05 Å². The Kier molecular flexibility index (Phi) is 5.86. The average Bonchev–Trinajstić information content (AvgIpc) is 2.46. The Labute approximate surface area is 116 Å². The summed E-state index contributed by atoms with van der Waals surface area (Å²) in [6.45, 7) is 3.31. The molecule has 2 rings (SSSR count). The molecule has 0 bridgehead atoms. The summed E-state index contributed by atoms with van der Waals surface area (Å²) in [4.78, 5) is 0. The SMILES string of the molecule is CNCCCCNCCc1ccc2ccccc2c1. The first kappa shape index (κ1) is 14.0. The van der Waals surface area contributed by atoms with Crippen LogP contribution in [0.4, 0.5) is 0 Å². The first-order chi connectivity index (χ1) is 9.40. The van der Waals surface area contributed by atoms with Crippen molar-refractivity contribution < 1.29 is 0 Å². The second-order valence-corrected chi connectivity index (χ2v) is 4.99. The fourth-order valence-electron chi connectivity index (χ4n) is 2.30. The lowest BCUT2D eigenvalue weighted by Gasteiger charge is -2.06. The van der Waals surface area contributed by atoms with E-state index in [0.717, 1.165) is 26.1 Å². The first-order valence-corrected chi connectivity index (χ1v) is 7.23. The molecular weight excluding hydrogens is 232 g/mol. The van der Waals surface area contributed by atoms with Crippen LogP contribution in [-0.2, 0) is 6.42 Å². The van der Waals surface area contributed by atoms with Crippen molar-refractivity contribution >= 4 is 10.8 Å². The predicted octanol–water partition coefficient (Wildman–Crippen LogP) is 2.97. The van der Waals surface area contributed by atoms with E-state index < -0.39 is 0 Å². The molecule has 2 aromatic rings. The van der Waals surface area contributed by atoms with Crippen LogP contribution < -0.4 is 10.6 Å². The topological polar surface area (TPSA) is 24.1 Å². The van der Waals surface area contributed by atoms with Gasteiger partial charge in [-0.05, 0) is 62.3 Å². The van der Waals surface area contributed by atoms with Gasteiger partial charge in [0, 0.05) is 0 Å². The van der Waals surface area contributed by atoms with Gasteiger partial charge < -0.3 is 10.6 Å². The molecule has 0 unspecified atom stereocenters. The highest BCUT2D eigenvalue weighted by Crippen LogP contribution is 2.15. The number of hydrogen-bond acceptors (Lipinski definition) is 2. The summed E-state index contributed by atoms with van der Waals surface area (Å²) in [6, 6.07) is 15.3. The molecule has 0 spiro atoms. The highest BCUT2D eigenvalue weighted by molar-refractivity contribution is 5.82. The average molecular weight is 256 g/mol. The molecule has 102 valence electrons. The molecule has 0 amide bonds. The van der Waals surface area contributed by atoms with Crippen molar-refractivity contribution in [2.75, 3.05) is 26.7 Å². The fourth-order valence-corrected chi connectivity index (χ4v) is 2.30. The van der Waals surface area contributed by atoms with Crippen LogP contribution in [0.15, 0.2) is 42.5 Å². The van der Waals surface area contributed by atoms with Crippen molar-refractivity contribution in [1.29, 1.82) is 0 Å². The van der Waals surface area contributed by atoms with Gasteiger partial charge in [-0.15, -0.1) is 0 Å². The summed E-state index contributed by atoms with van der Waals surface area (Å²) in [7, 11) is 2.01. The molecule has 0 radical (unpaired) electrons. The lowest BCUT2D eigenvalue weighted by atomic mass is 10.1. The van der Waals surface area contributed by atoms with E-state index in [9.17, 15) is 0 Å². The van der Waals surface area contributed by atoms with Crippen molar-refractivity contribution in [2.45, 2.75) is 19.3 Å². The van der Waals surface area contributed by atoms with E-state index in [1.165, 1.54) is 29.2 Å².